The smallest absolute Gasteiger partial charge is 0.182 e. The molecular formula is C14H9N3O. The van der Waals surface area contributed by atoms with Gasteiger partial charge in [0.25, 0.3) is 0 Å². The summed E-state index contributed by atoms with van der Waals surface area (Å²) in [4.78, 5) is 4.27. The van der Waals surface area contributed by atoms with Crippen LogP contribution in [0.1, 0.15) is 0 Å². The Bertz CT molecular complexity index is 844. The summed E-state index contributed by atoms with van der Waals surface area (Å²) in [6, 6.07) is 12.0. The number of oxazole rings is 1. The standard InChI is InChI=1S/C14H9N3O/c1-2-12(14-13(3-1)18-9-15-14)10-5-7-17-11(8-10)4-6-16-17/h1-9H. The molecule has 86 valence electrons. The number of para-hydroxylation sites is 1. The van der Waals surface area contributed by atoms with Crippen molar-refractivity contribution in [3.05, 3.63) is 55.2 Å². The fourth-order valence-electron chi connectivity index (χ4n) is 2.21. The Morgan fingerprint density at radius 2 is 2.11 bits per heavy atom. The first kappa shape index (κ1) is 9.41. The van der Waals surface area contributed by atoms with Crippen LogP contribution in [0.5, 0.6) is 0 Å². The van der Waals surface area contributed by atoms with Crippen molar-refractivity contribution >= 4 is 16.6 Å². The number of aromatic nitrogens is 3. The van der Waals surface area contributed by atoms with Crippen molar-refractivity contribution in [2.24, 2.45) is 0 Å². The van der Waals surface area contributed by atoms with Gasteiger partial charge >= 0.3 is 0 Å². The molecular weight excluding hydrogens is 226 g/mol. The summed E-state index contributed by atoms with van der Waals surface area (Å²) in [5, 5.41) is 4.19. The van der Waals surface area contributed by atoms with Gasteiger partial charge in [0.2, 0.25) is 0 Å². The van der Waals surface area contributed by atoms with Gasteiger partial charge in [-0.15, -0.1) is 0 Å². The van der Waals surface area contributed by atoms with Gasteiger partial charge in [-0.3, -0.25) is 0 Å². The second kappa shape index (κ2) is 3.43. The molecule has 0 N–H and O–H groups in total. The first-order chi connectivity index (χ1) is 8.92. The lowest BCUT2D eigenvalue weighted by molar-refractivity contribution is 0.602. The summed E-state index contributed by atoms with van der Waals surface area (Å²) in [5.74, 6) is 0. The van der Waals surface area contributed by atoms with Crippen molar-refractivity contribution in [2.75, 3.05) is 0 Å². The first-order valence-corrected chi connectivity index (χ1v) is 5.68. The highest BCUT2D eigenvalue weighted by Gasteiger charge is 2.07. The fourth-order valence-corrected chi connectivity index (χ4v) is 2.21. The van der Waals surface area contributed by atoms with Crippen LogP contribution >= 0.6 is 0 Å². The minimum atomic E-state index is 0.806. The van der Waals surface area contributed by atoms with Crippen molar-refractivity contribution in [2.45, 2.75) is 0 Å². The van der Waals surface area contributed by atoms with Crippen molar-refractivity contribution in [1.82, 2.24) is 14.6 Å². The zero-order chi connectivity index (χ0) is 11.9. The van der Waals surface area contributed by atoms with E-state index in [1.165, 1.54) is 6.39 Å². The van der Waals surface area contributed by atoms with Crippen LogP contribution in [-0.4, -0.2) is 14.6 Å². The number of hydrogen-bond donors (Lipinski definition) is 0. The number of pyridine rings is 1. The fraction of sp³-hybridized carbons (Fsp3) is 0. The third-order valence-corrected chi connectivity index (χ3v) is 3.07. The van der Waals surface area contributed by atoms with E-state index in [-0.39, 0.29) is 0 Å². The lowest BCUT2D eigenvalue weighted by Crippen LogP contribution is -1.87. The lowest BCUT2D eigenvalue weighted by atomic mass is 10.1. The molecule has 4 heteroatoms. The van der Waals surface area contributed by atoms with Crippen LogP contribution in [0.15, 0.2) is 59.6 Å². The van der Waals surface area contributed by atoms with Crippen molar-refractivity contribution in [3.8, 4) is 11.1 Å². The first-order valence-electron chi connectivity index (χ1n) is 5.68. The van der Waals surface area contributed by atoms with Gasteiger partial charge in [0.1, 0.15) is 5.52 Å². The molecule has 3 aromatic heterocycles. The Morgan fingerprint density at radius 1 is 1.11 bits per heavy atom. The highest BCUT2D eigenvalue weighted by Crippen LogP contribution is 2.28. The van der Waals surface area contributed by atoms with Crippen molar-refractivity contribution < 1.29 is 4.42 Å². The van der Waals surface area contributed by atoms with Crippen LogP contribution in [0.4, 0.5) is 0 Å². The molecule has 18 heavy (non-hydrogen) atoms. The van der Waals surface area contributed by atoms with E-state index in [1.807, 2.05) is 41.0 Å². The zero-order valence-electron chi connectivity index (χ0n) is 9.45. The van der Waals surface area contributed by atoms with E-state index < -0.39 is 0 Å². The summed E-state index contributed by atoms with van der Waals surface area (Å²) in [7, 11) is 0. The molecule has 1 aromatic carbocycles. The number of hydrogen-bond acceptors (Lipinski definition) is 3. The maximum absolute atomic E-state index is 5.32. The molecule has 0 unspecified atom stereocenters. The van der Waals surface area contributed by atoms with Crippen LogP contribution in [0.3, 0.4) is 0 Å². The Labute approximate surface area is 102 Å². The highest BCUT2D eigenvalue weighted by molar-refractivity contribution is 5.91. The summed E-state index contributed by atoms with van der Waals surface area (Å²) >= 11 is 0. The maximum atomic E-state index is 5.32. The number of benzene rings is 1. The molecule has 0 fully saturated rings. The average Bonchev–Trinajstić information content (AvgIpc) is 3.05. The molecule has 0 bridgehead atoms. The number of rotatable bonds is 1. The molecule has 0 atom stereocenters. The van der Waals surface area contributed by atoms with Gasteiger partial charge in [0.15, 0.2) is 12.0 Å². The SMILES string of the molecule is c1cc(-c2ccn3nccc3c2)c2ncoc2c1. The molecule has 0 saturated carbocycles. The summed E-state index contributed by atoms with van der Waals surface area (Å²) in [6.45, 7) is 0. The Morgan fingerprint density at radius 3 is 3.11 bits per heavy atom. The van der Waals surface area contributed by atoms with Gasteiger partial charge in [-0.05, 0) is 29.8 Å². The van der Waals surface area contributed by atoms with Gasteiger partial charge in [0, 0.05) is 18.0 Å². The minimum absolute atomic E-state index is 0.806. The molecule has 4 aromatic rings. The Kier molecular flexibility index (Phi) is 1.80. The van der Waals surface area contributed by atoms with E-state index in [9.17, 15) is 0 Å². The van der Waals surface area contributed by atoms with Crippen LogP contribution in [-0.2, 0) is 0 Å². The normalized spacial score (nSPS) is 11.3. The lowest BCUT2D eigenvalue weighted by Gasteiger charge is -2.02. The van der Waals surface area contributed by atoms with Gasteiger partial charge in [-0.25, -0.2) is 9.50 Å². The maximum Gasteiger partial charge on any atom is 0.182 e. The summed E-state index contributed by atoms with van der Waals surface area (Å²) in [6.07, 6.45) is 5.21. The summed E-state index contributed by atoms with van der Waals surface area (Å²) in [5.41, 5.74) is 4.95. The molecule has 0 amide bonds. The van der Waals surface area contributed by atoms with Crippen LogP contribution in [0.2, 0.25) is 0 Å². The molecule has 0 spiro atoms. The monoisotopic (exact) mass is 235 g/mol. The van der Waals surface area contributed by atoms with E-state index in [2.05, 4.69) is 16.1 Å². The molecule has 3 heterocycles. The predicted molar refractivity (Wildman–Crippen MR) is 68.2 cm³/mol. The third kappa shape index (κ3) is 1.26. The van der Waals surface area contributed by atoms with E-state index in [0.29, 0.717) is 0 Å². The van der Waals surface area contributed by atoms with E-state index in [4.69, 9.17) is 4.42 Å². The predicted octanol–water partition coefficient (Wildman–Crippen LogP) is 3.14. The van der Waals surface area contributed by atoms with Crippen LogP contribution in [0, 0.1) is 0 Å². The second-order valence-corrected chi connectivity index (χ2v) is 4.12. The number of fused-ring (bicyclic) bond motifs is 2. The van der Waals surface area contributed by atoms with E-state index in [1.54, 1.807) is 6.20 Å². The molecule has 0 aliphatic rings. The molecule has 0 radical (unpaired) electrons. The van der Waals surface area contributed by atoms with Crippen LogP contribution in [0.25, 0.3) is 27.7 Å². The van der Waals surface area contributed by atoms with Crippen LogP contribution < -0.4 is 0 Å². The molecule has 0 aliphatic heterocycles. The van der Waals surface area contributed by atoms with Gasteiger partial charge in [0.05, 0.1) is 5.52 Å². The van der Waals surface area contributed by atoms with Crippen molar-refractivity contribution in [1.29, 1.82) is 0 Å². The molecule has 4 rings (SSSR count). The molecule has 0 aliphatic carbocycles. The van der Waals surface area contributed by atoms with E-state index in [0.717, 1.165) is 27.7 Å². The molecule has 4 nitrogen and oxygen atoms in total. The Hall–Kier alpha value is -2.62. The van der Waals surface area contributed by atoms with Gasteiger partial charge in [-0.1, -0.05) is 12.1 Å². The zero-order valence-corrected chi connectivity index (χ0v) is 9.45. The van der Waals surface area contributed by atoms with Gasteiger partial charge in [-0.2, -0.15) is 5.10 Å². The van der Waals surface area contributed by atoms with Crippen molar-refractivity contribution in [3.63, 3.8) is 0 Å². The topological polar surface area (TPSA) is 43.3 Å². The minimum Gasteiger partial charge on any atom is -0.443 e. The quantitative estimate of drug-likeness (QED) is 0.509. The second-order valence-electron chi connectivity index (χ2n) is 4.12. The number of nitrogens with zero attached hydrogens (tertiary/aromatic N) is 3. The third-order valence-electron chi connectivity index (χ3n) is 3.07. The Balaban J connectivity index is 2.03. The van der Waals surface area contributed by atoms with Gasteiger partial charge < -0.3 is 4.42 Å². The molecule has 0 saturated heterocycles. The largest absolute Gasteiger partial charge is 0.443 e. The van der Waals surface area contributed by atoms with E-state index >= 15 is 0 Å². The average molecular weight is 235 g/mol. The summed E-state index contributed by atoms with van der Waals surface area (Å²) < 4.78 is 7.16. The highest BCUT2D eigenvalue weighted by atomic mass is 16.3.